The van der Waals surface area contributed by atoms with Crippen molar-refractivity contribution in [2.75, 3.05) is 6.61 Å². The van der Waals surface area contributed by atoms with Crippen molar-refractivity contribution < 1.29 is 19.4 Å². The molecule has 0 aromatic heterocycles. The molecule has 0 spiro atoms. The van der Waals surface area contributed by atoms with Gasteiger partial charge in [0.25, 0.3) is 0 Å². The molecule has 0 amide bonds. The zero-order valence-electron chi connectivity index (χ0n) is 9.57. The van der Waals surface area contributed by atoms with Gasteiger partial charge >= 0.3 is 5.97 Å². The van der Waals surface area contributed by atoms with Crippen LogP contribution in [0.25, 0.3) is 0 Å². The van der Waals surface area contributed by atoms with Crippen LogP contribution < -0.4 is 0 Å². The molecule has 4 nitrogen and oxygen atoms in total. The molecule has 0 bridgehead atoms. The minimum absolute atomic E-state index is 0.0584. The molecule has 92 valence electrons. The number of esters is 1. The second kappa shape index (κ2) is 5.68. The molecule has 5 heteroatoms. The van der Waals surface area contributed by atoms with Gasteiger partial charge in [0.05, 0.1) is 6.61 Å². The number of carbonyl (C=O) groups excluding carboxylic acids is 2. The molecule has 1 unspecified atom stereocenters. The molecule has 1 rings (SSSR count). The van der Waals surface area contributed by atoms with E-state index in [1.165, 1.54) is 25.1 Å². The Morgan fingerprint density at radius 3 is 2.59 bits per heavy atom. The maximum absolute atomic E-state index is 11.4. The Kier molecular flexibility index (Phi) is 4.52. The molecular weight excluding hydrogens is 244 g/mol. The number of aromatic hydroxyl groups is 1. The van der Waals surface area contributed by atoms with E-state index < -0.39 is 11.3 Å². The van der Waals surface area contributed by atoms with Crippen LogP contribution in [0.4, 0.5) is 0 Å². The first-order valence-corrected chi connectivity index (χ1v) is 5.55. The van der Waals surface area contributed by atoms with Crippen LogP contribution in [0.15, 0.2) is 18.2 Å². The minimum Gasteiger partial charge on any atom is -0.507 e. The Morgan fingerprint density at radius 1 is 1.47 bits per heavy atom. The molecule has 1 aromatic rings. The second-order valence-corrected chi connectivity index (χ2v) is 3.91. The SMILES string of the molecule is CCOC(=O)c1ccc(C(Cl)C(C)=O)cc1O. The highest BCUT2D eigenvalue weighted by Gasteiger charge is 2.17. The summed E-state index contributed by atoms with van der Waals surface area (Å²) in [5.74, 6) is -1.08. The highest BCUT2D eigenvalue weighted by molar-refractivity contribution is 6.30. The number of ketones is 1. The van der Waals surface area contributed by atoms with Crippen molar-refractivity contribution in [3.63, 3.8) is 0 Å². The van der Waals surface area contributed by atoms with Crippen LogP contribution in [-0.4, -0.2) is 23.5 Å². The van der Waals surface area contributed by atoms with Gasteiger partial charge in [0, 0.05) is 0 Å². The Morgan fingerprint density at radius 2 is 2.12 bits per heavy atom. The van der Waals surface area contributed by atoms with Gasteiger partial charge < -0.3 is 9.84 Å². The molecule has 0 aliphatic heterocycles. The highest BCUT2D eigenvalue weighted by atomic mass is 35.5. The van der Waals surface area contributed by atoms with E-state index in [9.17, 15) is 14.7 Å². The van der Waals surface area contributed by atoms with E-state index in [2.05, 4.69) is 0 Å². The van der Waals surface area contributed by atoms with Crippen LogP contribution >= 0.6 is 11.6 Å². The second-order valence-electron chi connectivity index (χ2n) is 3.47. The highest BCUT2D eigenvalue weighted by Crippen LogP contribution is 2.27. The van der Waals surface area contributed by atoms with Crippen molar-refractivity contribution >= 4 is 23.4 Å². The summed E-state index contributed by atoms with van der Waals surface area (Å²) in [4.78, 5) is 22.5. The molecule has 1 aromatic carbocycles. The number of alkyl halides is 1. The average molecular weight is 257 g/mol. The van der Waals surface area contributed by atoms with E-state index in [0.29, 0.717) is 5.56 Å². The van der Waals surface area contributed by atoms with Gasteiger partial charge in [-0.1, -0.05) is 6.07 Å². The van der Waals surface area contributed by atoms with E-state index in [0.717, 1.165) is 0 Å². The lowest BCUT2D eigenvalue weighted by atomic mass is 10.1. The number of Topliss-reactive ketones (excluding diaryl/α,β-unsaturated/α-hetero) is 1. The molecule has 0 heterocycles. The van der Waals surface area contributed by atoms with Crippen molar-refractivity contribution in [1.29, 1.82) is 0 Å². The standard InChI is InChI=1S/C12H13ClO4/c1-3-17-12(16)9-5-4-8(6-10(9)15)11(13)7(2)14/h4-6,11,15H,3H2,1-2H3. The predicted octanol–water partition coefficient (Wildman–Crippen LogP) is 2.44. The van der Waals surface area contributed by atoms with Gasteiger partial charge in [0.2, 0.25) is 0 Å². The maximum atomic E-state index is 11.4. The lowest BCUT2D eigenvalue weighted by molar-refractivity contribution is -0.116. The lowest BCUT2D eigenvalue weighted by Crippen LogP contribution is -2.06. The van der Waals surface area contributed by atoms with Gasteiger partial charge in [-0.3, -0.25) is 4.79 Å². The van der Waals surface area contributed by atoms with Gasteiger partial charge in [-0.25, -0.2) is 4.79 Å². The molecule has 0 fully saturated rings. The summed E-state index contributed by atoms with van der Waals surface area (Å²) >= 11 is 5.83. The number of hydrogen-bond donors (Lipinski definition) is 1. The number of phenols is 1. The Balaban J connectivity index is 3.01. The number of phenolic OH excluding ortho intramolecular Hbond substituents is 1. The van der Waals surface area contributed by atoms with Crippen LogP contribution in [0.3, 0.4) is 0 Å². The molecule has 0 radical (unpaired) electrons. The largest absolute Gasteiger partial charge is 0.507 e. The molecule has 0 aliphatic carbocycles. The summed E-state index contributed by atoms with van der Waals surface area (Å²) in [6.07, 6.45) is 0. The Bertz CT molecular complexity index is 442. The summed E-state index contributed by atoms with van der Waals surface area (Å²) < 4.78 is 4.76. The molecule has 1 atom stereocenters. The minimum atomic E-state index is -0.822. The first-order chi connectivity index (χ1) is 7.97. The van der Waals surface area contributed by atoms with Crippen molar-refractivity contribution in [3.05, 3.63) is 29.3 Å². The predicted molar refractivity (Wildman–Crippen MR) is 63.3 cm³/mol. The lowest BCUT2D eigenvalue weighted by Gasteiger charge is -2.09. The fraction of sp³-hybridized carbons (Fsp3) is 0.333. The summed E-state index contributed by atoms with van der Waals surface area (Å²) in [6.45, 7) is 3.26. The smallest absolute Gasteiger partial charge is 0.341 e. The number of ether oxygens (including phenoxy) is 1. The number of benzene rings is 1. The summed E-state index contributed by atoms with van der Waals surface area (Å²) in [7, 11) is 0. The normalized spacial score (nSPS) is 11.9. The first kappa shape index (κ1) is 13.5. The molecule has 17 heavy (non-hydrogen) atoms. The van der Waals surface area contributed by atoms with Crippen LogP contribution in [0, 0.1) is 0 Å². The third kappa shape index (κ3) is 3.20. The molecule has 1 N–H and O–H groups in total. The molecule has 0 saturated heterocycles. The van der Waals surface area contributed by atoms with Gasteiger partial charge in [-0.15, -0.1) is 11.6 Å². The van der Waals surface area contributed by atoms with Gasteiger partial charge in [-0.2, -0.15) is 0 Å². The fourth-order valence-electron chi connectivity index (χ4n) is 1.32. The molecular formula is C12H13ClO4. The van der Waals surface area contributed by atoms with E-state index >= 15 is 0 Å². The Labute approximate surface area is 104 Å². The van der Waals surface area contributed by atoms with E-state index in [4.69, 9.17) is 16.3 Å². The van der Waals surface area contributed by atoms with Crippen molar-refractivity contribution in [2.24, 2.45) is 0 Å². The van der Waals surface area contributed by atoms with Gasteiger partial charge in [0.15, 0.2) is 5.78 Å². The number of rotatable bonds is 4. The maximum Gasteiger partial charge on any atom is 0.341 e. The van der Waals surface area contributed by atoms with Crippen LogP contribution in [0.5, 0.6) is 5.75 Å². The number of carbonyl (C=O) groups is 2. The van der Waals surface area contributed by atoms with Crippen LogP contribution in [-0.2, 0) is 9.53 Å². The van der Waals surface area contributed by atoms with E-state index in [1.807, 2.05) is 0 Å². The third-order valence-electron chi connectivity index (χ3n) is 2.17. The van der Waals surface area contributed by atoms with Crippen molar-refractivity contribution in [3.8, 4) is 5.75 Å². The monoisotopic (exact) mass is 256 g/mol. The molecule has 0 aliphatic rings. The van der Waals surface area contributed by atoms with Crippen molar-refractivity contribution in [1.82, 2.24) is 0 Å². The fourth-order valence-corrected chi connectivity index (χ4v) is 1.46. The third-order valence-corrected chi connectivity index (χ3v) is 2.73. The van der Waals surface area contributed by atoms with E-state index in [1.54, 1.807) is 6.92 Å². The zero-order valence-corrected chi connectivity index (χ0v) is 10.3. The van der Waals surface area contributed by atoms with Crippen LogP contribution in [0.2, 0.25) is 0 Å². The topological polar surface area (TPSA) is 63.6 Å². The summed E-state index contributed by atoms with van der Waals surface area (Å²) in [5, 5.41) is 8.83. The van der Waals surface area contributed by atoms with Gasteiger partial charge in [0.1, 0.15) is 16.7 Å². The Hall–Kier alpha value is -1.55. The van der Waals surface area contributed by atoms with Gasteiger partial charge in [-0.05, 0) is 31.5 Å². The first-order valence-electron chi connectivity index (χ1n) is 5.12. The summed E-state index contributed by atoms with van der Waals surface area (Å²) in [5.41, 5.74) is 0.507. The quantitative estimate of drug-likeness (QED) is 0.664. The summed E-state index contributed by atoms with van der Waals surface area (Å²) in [6, 6.07) is 4.21. The average Bonchev–Trinajstić information content (AvgIpc) is 2.27. The molecule has 0 saturated carbocycles. The zero-order chi connectivity index (χ0) is 13.0. The van der Waals surface area contributed by atoms with Crippen LogP contribution in [0.1, 0.15) is 35.1 Å². The number of hydrogen-bond acceptors (Lipinski definition) is 4. The van der Waals surface area contributed by atoms with Crippen molar-refractivity contribution in [2.45, 2.75) is 19.2 Å². The number of halogens is 1. The van der Waals surface area contributed by atoms with E-state index in [-0.39, 0.29) is 23.7 Å².